The first-order valence-corrected chi connectivity index (χ1v) is 7.76. The highest BCUT2D eigenvalue weighted by Crippen LogP contribution is 2.27. The number of hydrogen-bond donors (Lipinski definition) is 1. The SMILES string of the molecule is CN(C)CCc1c[nH]c2ccc(C3=CCN(C)CC3)cc12.Cl.Cl. The fourth-order valence-corrected chi connectivity index (χ4v) is 2.96. The van der Waals surface area contributed by atoms with Gasteiger partial charge in [0.2, 0.25) is 0 Å². The number of nitrogens with zero attached hydrogens (tertiary/aromatic N) is 2. The van der Waals surface area contributed by atoms with Crippen LogP contribution in [0.4, 0.5) is 0 Å². The van der Waals surface area contributed by atoms with Crippen molar-refractivity contribution in [2.75, 3.05) is 40.8 Å². The minimum Gasteiger partial charge on any atom is -0.361 e. The Bertz CT molecular complexity index is 661. The van der Waals surface area contributed by atoms with Gasteiger partial charge in [-0.25, -0.2) is 0 Å². The van der Waals surface area contributed by atoms with E-state index >= 15 is 0 Å². The molecule has 5 heteroatoms. The Kier molecular flexibility index (Phi) is 7.62. The van der Waals surface area contributed by atoms with E-state index in [-0.39, 0.29) is 24.8 Å². The molecule has 1 aromatic carbocycles. The van der Waals surface area contributed by atoms with Crippen LogP contribution in [0.15, 0.2) is 30.5 Å². The average Bonchev–Trinajstić information content (AvgIpc) is 2.88. The van der Waals surface area contributed by atoms with Gasteiger partial charge in [0.25, 0.3) is 0 Å². The number of aromatic nitrogens is 1. The van der Waals surface area contributed by atoms with E-state index in [4.69, 9.17) is 0 Å². The number of halogens is 2. The van der Waals surface area contributed by atoms with Gasteiger partial charge in [-0.15, -0.1) is 24.8 Å². The zero-order valence-electron chi connectivity index (χ0n) is 14.1. The Morgan fingerprint density at radius 1 is 1.22 bits per heavy atom. The lowest BCUT2D eigenvalue weighted by Crippen LogP contribution is -2.23. The molecule has 0 amide bonds. The van der Waals surface area contributed by atoms with Gasteiger partial charge in [-0.3, -0.25) is 0 Å². The van der Waals surface area contributed by atoms with Crippen LogP contribution in [-0.4, -0.2) is 55.6 Å². The van der Waals surface area contributed by atoms with Crippen LogP contribution in [0.25, 0.3) is 16.5 Å². The molecular weight excluding hydrogens is 329 g/mol. The number of H-pyrrole nitrogens is 1. The predicted molar refractivity (Wildman–Crippen MR) is 105 cm³/mol. The molecule has 3 rings (SSSR count). The molecule has 0 bridgehead atoms. The summed E-state index contributed by atoms with van der Waals surface area (Å²) in [6.07, 6.45) is 6.79. The maximum Gasteiger partial charge on any atom is 0.0457 e. The monoisotopic (exact) mass is 355 g/mol. The Labute approximate surface area is 151 Å². The topological polar surface area (TPSA) is 22.3 Å². The number of nitrogens with one attached hydrogen (secondary N) is 1. The Morgan fingerprint density at radius 3 is 2.65 bits per heavy atom. The molecule has 0 fully saturated rings. The summed E-state index contributed by atoms with van der Waals surface area (Å²) in [5.41, 5.74) is 5.56. The van der Waals surface area contributed by atoms with Gasteiger partial charge >= 0.3 is 0 Å². The summed E-state index contributed by atoms with van der Waals surface area (Å²) in [5.74, 6) is 0. The summed E-state index contributed by atoms with van der Waals surface area (Å²) in [4.78, 5) is 8.00. The maximum atomic E-state index is 3.40. The highest BCUT2D eigenvalue weighted by Gasteiger charge is 2.11. The van der Waals surface area contributed by atoms with E-state index in [9.17, 15) is 0 Å². The third kappa shape index (κ3) is 4.74. The normalized spacial score (nSPS) is 15.2. The van der Waals surface area contributed by atoms with Gasteiger partial charge < -0.3 is 14.8 Å². The van der Waals surface area contributed by atoms with Crippen molar-refractivity contribution < 1.29 is 0 Å². The molecule has 23 heavy (non-hydrogen) atoms. The second kappa shape index (κ2) is 8.74. The van der Waals surface area contributed by atoms with E-state index in [1.165, 1.54) is 27.6 Å². The fraction of sp³-hybridized carbons (Fsp3) is 0.444. The first-order chi connectivity index (χ1) is 10.1. The van der Waals surface area contributed by atoms with Crippen LogP contribution in [0.5, 0.6) is 0 Å². The molecule has 0 spiro atoms. The van der Waals surface area contributed by atoms with Crippen molar-refractivity contribution >= 4 is 41.3 Å². The van der Waals surface area contributed by atoms with E-state index in [0.717, 1.165) is 32.5 Å². The van der Waals surface area contributed by atoms with E-state index in [2.05, 4.69) is 66.4 Å². The van der Waals surface area contributed by atoms with Gasteiger partial charge in [-0.1, -0.05) is 12.1 Å². The van der Waals surface area contributed by atoms with Gasteiger partial charge in [0.05, 0.1) is 0 Å². The highest BCUT2D eigenvalue weighted by molar-refractivity contribution is 5.87. The average molecular weight is 356 g/mol. The molecule has 1 aliphatic rings. The Hall–Kier alpha value is -1.000. The van der Waals surface area contributed by atoms with Gasteiger partial charge in [0, 0.05) is 36.7 Å². The van der Waals surface area contributed by atoms with Crippen LogP contribution < -0.4 is 0 Å². The molecule has 1 aromatic heterocycles. The minimum atomic E-state index is 0. The molecule has 2 aromatic rings. The maximum absolute atomic E-state index is 3.40. The van der Waals surface area contributed by atoms with Crippen molar-refractivity contribution in [3.05, 3.63) is 41.6 Å². The van der Waals surface area contributed by atoms with Crippen molar-refractivity contribution in [1.29, 1.82) is 0 Å². The van der Waals surface area contributed by atoms with Crippen molar-refractivity contribution in [3.63, 3.8) is 0 Å². The van der Waals surface area contributed by atoms with Crippen LogP contribution in [0.3, 0.4) is 0 Å². The Morgan fingerprint density at radius 2 is 2.00 bits per heavy atom. The van der Waals surface area contributed by atoms with Crippen molar-refractivity contribution in [3.8, 4) is 0 Å². The van der Waals surface area contributed by atoms with Gasteiger partial charge in [0.15, 0.2) is 0 Å². The largest absolute Gasteiger partial charge is 0.361 e. The van der Waals surface area contributed by atoms with Crippen LogP contribution in [-0.2, 0) is 6.42 Å². The fourth-order valence-electron chi connectivity index (χ4n) is 2.96. The first-order valence-electron chi connectivity index (χ1n) is 7.76. The van der Waals surface area contributed by atoms with Gasteiger partial charge in [-0.2, -0.15) is 0 Å². The first kappa shape index (κ1) is 20.0. The third-order valence-electron chi connectivity index (χ3n) is 4.38. The molecule has 0 saturated heterocycles. The van der Waals surface area contributed by atoms with Crippen LogP contribution in [0.2, 0.25) is 0 Å². The van der Waals surface area contributed by atoms with Crippen LogP contribution in [0.1, 0.15) is 17.5 Å². The molecule has 128 valence electrons. The molecule has 0 unspecified atom stereocenters. The number of benzene rings is 1. The van der Waals surface area contributed by atoms with E-state index < -0.39 is 0 Å². The van der Waals surface area contributed by atoms with Crippen molar-refractivity contribution in [2.24, 2.45) is 0 Å². The molecule has 3 nitrogen and oxygen atoms in total. The summed E-state index contributed by atoms with van der Waals surface area (Å²) in [5, 5.41) is 1.38. The van der Waals surface area contributed by atoms with E-state index in [1.54, 1.807) is 0 Å². The van der Waals surface area contributed by atoms with Crippen LogP contribution >= 0.6 is 24.8 Å². The lowest BCUT2D eigenvalue weighted by atomic mass is 9.97. The second-order valence-corrected chi connectivity index (χ2v) is 6.37. The lowest BCUT2D eigenvalue weighted by molar-refractivity contribution is 0.370. The smallest absolute Gasteiger partial charge is 0.0457 e. The summed E-state index contributed by atoms with van der Waals surface area (Å²) < 4.78 is 0. The zero-order valence-corrected chi connectivity index (χ0v) is 15.8. The number of rotatable bonds is 4. The Balaban J connectivity index is 0.00000132. The zero-order chi connectivity index (χ0) is 14.8. The lowest BCUT2D eigenvalue weighted by Gasteiger charge is -2.22. The summed E-state index contributed by atoms with van der Waals surface area (Å²) in [6.45, 7) is 3.31. The number of likely N-dealkylation sites (N-methyl/N-ethyl adjacent to an activating group) is 2. The predicted octanol–water partition coefficient (Wildman–Crippen LogP) is 3.83. The molecule has 0 radical (unpaired) electrons. The standard InChI is InChI=1S/C18H25N3.2ClH/c1-20(2)9-6-16-13-19-18-5-4-15(12-17(16)18)14-7-10-21(3)11-8-14;;/h4-5,7,12-13,19H,6,8-11H2,1-3H3;2*1H. The van der Waals surface area contributed by atoms with Gasteiger partial charge in [-0.05, 0) is 62.8 Å². The summed E-state index contributed by atoms with van der Waals surface area (Å²) >= 11 is 0. The highest BCUT2D eigenvalue weighted by atomic mass is 35.5. The molecule has 1 N–H and O–H groups in total. The number of fused-ring (bicyclic) bond motifs is 1. The van der Waals surface area contributed by atoms with Crippen LogP contribution in [0, 0.1) is 0 Å². The molecular formula is C18H27Cl2N3. The minimum absolute atomic E-state index is 0. The third-order valence-corrected chi connectivity index (χ3v) is 4.38. The van der Waals surface area contributed by atoms with E-state index in [1.807, 2.05) is 0 Å². The van der Waals surface area contributed by atoms with Crippen molar-refractivity contribution in [2.45, 2.75) is 12.8 Å². The molecule has 1 aliphatic heterocycles. The number of aromatic amines is 1. The van der Waals surface area contributed by atoms with E-state index in [0.29, 0.717) is 0 Å². The molecule has 0 aliphatic carbocycles. The summed E-state index contributed by atoms with van der Waals surface area (Å²) in [7, 11) is 6.44. The second-order valence-electron chi connectivity index (χ2n) is 6.37. The molecule has 2 heterocycles. The quantitative estimate of drug-likeness (QED) is 0.899. The van der Waals surface area contributed by atoms with Crippen molar-refractivity contribution in [1.82, 2.24) is 14.8 Å². The van der Waals surface area contributed by atoms with Gasteiger partial charge in [0.1, 0.15) is 0 Å². The molecule has 0 atom stereocenters. The number of hydrogen-bond acceptors (Lipinski definition) is 2. The molecule has 0 saturated carbocycles. The summed E-state index contributed by atoms with van der Waals surface area (Å²) in [6, 6.07) is 6.85.